The van der Waals surface area contributed by atoms with Crippen LogP contribution in [0.25, 0.3) is 0 Å². The number of carbonyl (C=O) groups is 2. The molecule has 2 fully saturated rings. The van der Waals surface area contributed by atoms with Crippen LogP contribution in [0.2, 0.25) is 0 Å². The number of carboxylic acids is 1. The van der Waals surface area contributed by atoms with Crippen LogP contribution in [0.3, 0.4) is 0 Å². The minimum atomic E-state index is -0.986. The summed E-state index contributed by atoms with van der Waals surface area (Å²) in [6, 6.07) is 6.20. The second-order valence-electron chi connectivity index (χ2n) is 5.76. The molecular weight excluding hydrogens is 270 g/mol. The normalized spacial score (nSPS) is 27.9. The van der Waals surface area contributed by atoms with E-state index in [1.807, 2.05) is 0 Å². The van der Waals surface area contributed by atoms with Crippen molar-refractivity contribution in [2.75, 3.05) is 6.61 Å². The summed E-state index contributed by atoms with van der Waals surface area (Å²) in [7, 11) is 0. The minimum Gasteiger partial charge on any atom is -0.478 e. The maximum atomic E-state index is 12.3. The number of carbonyl (C=O) groups excluding carboxylic acids is 1. The van der Waals surface area contributed by atoms with Gasteiger partial charge in [-0.25, -0.2) is 4.79 Å². The Bertz CT molecular complexity index is 540. The van der Waals surface area contributed by atoms with Crippen LogP contribution in [0.15, 0.2) is 24.3 Å². The highest BCUT2D eigenvalue weighted by molar-refractivity contribution is 5.96. The average Bonchev–Trinajstić information content (AvgIpc) is 2.97. The molecule has 1 saturated carbocycles. The third-order valence-corrected chi connectivity index (χ3v) is 4.49. The molecule has 0 bridgehead atoms. The zero-order valence-electron chi connectivity index (χ0n) is 11.7. The number of benzene rings is 1. The van der Waals surface area contributed by atoms with E-state index in [-0.39, 0.29) is 17.5 Å². The first kappa shape index (κ1) is 14.1. The van der Waals surface area contributed by atoms with Crippen LogP contribution in [0.1, 0.15) is 46.4 Å². The van der Waals surface area contributed by atoms with Crippen LogP contribution >= 0.6 is 0 Å². The number of rotatable bonds is 3. The lowest BCUT2D eigenvalue weighted by Crippen LogP contribution is -2.45. The summed E-state index contributed by atoms with van der Waals surface area (Å²) in [6.07, 6.45) is 4.45. The van der Waals surface area contributed by atoms with Gasteiger partial charge in [0.2, 0.25) is 0 Å². The summed E-state index contributed by atoms with van der Waals surface area (Å²) in [5.41, 5.74) is 0.689. The van der Waals surface area contributed by atoms with Gasteiger partial charge in [-0.3, -0.25) is 4.79 Å². The zero-order chi connectivity index (χ0) is 14.8. The Morgan fingerprint density at radius 1 is 1.10 bits per heavy atom. The van der Waals surface area contributed by atoms with Crippen LogP contribution in [-0.4, -0.2) is 35.7 Å². The Labute approximate surface area is 123 Å². The van der Waals surface area contributed by atoms with Gasteiger partial charge >= 0.3 is 5.97 Å². The van der Waals surface area contributed by atoms with Crippen molar-refractivity contribution in [3.63, 3.8) is 0 Å². The Morgan fingerprint density at radius 3 is 2.52 bits per heavy atom. The zero-order valence-corrected chi connectivity index (χ0v) is 11.7. The monoisotopic (exact) mass is 289 g/mol. The van der Waals surface area contributed by atoms with Crippen molar-refractivity contribution < 1.29 is 19.4 Å². The first-order valence-electron chi connectivity index (χ1n) is 7.41. The number of hydrogen-bond acceptors (Lipinski definition) is 3. The summed E-state index contributed by atoms with van der Waals surface area (Å²) in [5.74, 6) is -0.703. The van der Waals surface area contributed by atoms with Gasteiger partial charge < -0.3 is 15.2 Å². The van der Waals surface area contributed by atoms with Gasteiger partial charge in [-0.15, -0.1) is 0 Å². The van der Waals surface area contributed by atoms with E-state index in [0.717, 1.165) is 32.3 Å². The van der Waals surface area contributed by atoms with Gasteiger partial charge in [0.1, 0.15) is 0 Å². The Morgan fingerprint density at radius 2 is 1.81 bits per heavy atom. The summed E-state index contributed by atoms with van der Waals surface area (Å²) in [5, 5.41) is 12.0. The number of aromatic carboxylic acids is 1. The van der Waals surface area contributed by atoms with Crippen molar-refractivity contribution in [3.05, 3.63) is 35.4 Å². The molecule has 0 radical (unpaired) electrons. The molecular formula is C16H19NO4. The standard InChI is InChI=1S/C16H19NO4/c18-15(10-4-6-11(7-5-10)16(19)20)17-13-2-1-3-14-12(13)8-9-21-14/h4-7,12-14H,1-3,8-9H2,(H,17,18)(H,19,20)/t12-,13+,14+/m0/s1. The second-order valence-corrected chi connectivity index (χ2v) is 5.76. The number of amides is 1. The van der Waals surface area contributed by atoms with Gasteiger partial charge in [-0.2, -0.15) is 0 Å². The van der Waals surface area contributed by atoms with Gasteiger partial charge in [-0.05, 0) is 49.9 Å². The van der Waals surface area contributed by atoms with Crippen molar-refractivity contribution >= 4 is 11.9 Å². The Hall–Kier alpha value is -1.88. The van der Waals surface area contributed by atoms with Crippen LogP contribution in [0.4, 0.5) is 0 Å². The molecule has 0 spiro atoms. The number of hydrogen-bond donors (Lipinski definition) is 2. The lowest BCUT2D eigenvalue weighted by atomic mass is 9.81. The molecule has 1 amide bonds. The van der Waals surface area contributed by atoms with Crippen molar-refractivity contribution in [3.8, 4) is 0 Å². The van der Waals surface area contributed by atoms with Crippen LogP contribution in [-0.2, 0) is 4.74 Å². The van der Waals surface area contributed by atoms with Crippen molar-refractivity contribution in [2.45, 2.75) is 37.8 Å². The SMILES string of the molecule is O=C(O)c1ccc(C(=O)N[C@@H]2CCC[C@H]3OCC[C@@H]23)cc1. The highest BCUT2D eigenvalue weighted by Gasteiger charge is 2.38. The van der Waals surface area contributed by atoms with Crippen LogP contribution < -0.4 is 5.32 Å². The van der Waals surface area contributed by atoms with Crippen molar-refractivity contribution in [1.82, 2.24) is 5.32 Å². The quantitative estimate of drug-likeness (QED) is 0.893. The lowest BCUT2D eigenvalue weighted by Gasteiger charge is -2.33. The predicted octanol–water partition coefficient (Wildman–Crippen LogP) is 2.07. The van der Waals surface area contributed by atoms with Gasteiger partial charge in [0.25, 0.3) is 5.91 Å². The van der Waals surface area contributed by atoms with Crippen LogP contribution in [0, 0.1) is 5.92 Å². The van der Waals surface area contributed by atoms with Crippen molar-refractivity contribution in [2.24, 2.45) is 5.92 Å². The molecule has 5 heteroatoms. The maximum Gasteiger partial charge on any atom is 0.335 e. The molecule has 1 aromatic rings. The second kappa shape index (κ2) is 5.85. The number of fused-ring (bicyclic) bond motifs is 1. The van der Waals surface area contributed by atoms with E-state index in [1.54, 1.807) is 12.1 Å². The lowest BCUT2D eigenvalue weighted by molar-refractivity contribution is 0.0510. The highest BCUT2D eigenvalue weighted by Crippen LogP contribution is 2.34. The third kappa shape index (κ3) is 2.93. The molecule has 112 valence electrons. The first-order chi connectivity index (χ1) is 10.1. The van der Waals surface area contributed by atoms with Crippen molar-refractivity contribution in [1.29, 1.82) is 0 Å². The molecule has 3 rings (SSSR count). The molecule has 3 atom stereocenters. The van der Waals surface area contributed by atoms with E-state index < -0.39 is 5.97 Å². The molecule has 0 aromatic heterocycles. The molecule has 1 aliphatic heterocycles. The molecule has 1 aromatic carbocycles. The van der Waals surface area contributed by atoms with E-state index in [1.165, 1.54) is 12.1 Å². The number of nitrogens with one attached hydrogen (secondary N) is 1. The van der Waals surface area contributed by atoms with Crippen LogP contribution in [0.5, 0.6) is 0 Å². The minimum absolute atomic E-state index is 0.135. The third-order valence-electron chi connectivity index (χ3n) is 4.49. The average molecular weight is 289 g/mol. The summed E-state index contributed by atoms with van der Waals surface area (Å²) in [4.78, 5) is 23.1. The molecule has 1 saturated heterocycles. The van der Waals surface area contributed by atoms with E-state index in [4.69, 9.17) is 9.84 Å². The maximum absolute atomic E-state index is 12.3. The summed E-state index contributed by atoms with van der Waals surface area (Å²) < 4.78 is 5.70. The fourth-order valence-electron chi connectivity index (χ4n) is 3.37. The molecule has 2 N–H and O–H groups in total. The van der Waals surface area contributed by atoms with Gasteiger partial charge in [0, 0.05) is 24.1 Å². The van der Waals surface area contributed by atoms with Gasteiger partial charge in [0.15, 0.2) is 0 Å². The van der Waals surface area contributed by atoms with Gasteiger partial charge in [-0.1, -0.05) is 0 Å². The number of ether oxygens (including phenoxy) is 1. The first-order valence-corrected chi connectivity index (χ1v) is 7.41. The molecule has 1 aliphatic carbocycles. The topological polar surface area (TPSA) is 75.6 Å². The molecule has 21 heavy (non-hydrogen) atoms. The highest BCUT2D eigenvalue weighted by atomic mass is 16.5. The molecule has 1 heterocycles. The fraction of sp³-hybridized carbons (Fsp3) is 0.500. The smallest absolute Gasteiger partial charge is 0.335 e. The predicted molar refractivity (Wildman–Crippen MR) is 76.4 cm³/mol. The molecule has 0 unspecified atom stereocenters. The Kier molecular flexibility index (Phi) is 3.92. The van der Waals surface area contributed by atoms with Gasteiger partial charge in [0.05, 0.1) is 11.7 Å². The van der Waals surface area contributed by atoms with E-state index in [2.05, 4.69) is 5.32 Å². The van der Waals surface area contributed by atoms with E-state index in [0.29, 0.717) is 17.6 Å². The van der Waals surface area contributed by atoms with E-state index >= 15 is 0 Å². The summed E-state index contributed by atoms with van der Waals surface area (Å²) >= 11 is 0. The molecule has 5 nitrogen and oxygen atoms in total. The number of carboxylic acid groups (broad SMARTS) is 1. The largest absolute Gasteiger partial charge is 0.478 e. The summed E-state index contributed by atoms with van der Waals surface area (Å²) in [6.45, 7) is 0.787. The fourth-order valence-corrected chi connectivity index (χ4v) is 3.37. The van der Waals surface area contributed by atoms with E-state index in [9.17, 15) is 9.59 Å². The Balaban J connectivity index is 1.66. The molecule has 2 aliphatic rings.